The summed E-state index contributed by atoms with van der Waals surface area (Å²) in [7, 11) is 0. The quantitative estimate of drug-likeness (QED) is 0.873. The van der Waals surface area contributed by atoms with Crippen molar-refractivity contribution in [3.8, 4) is 0 Å². The van der Waals surface area contributed by atoms with Gasteiger partial charge in [-0.1, -0.05) is 18.7 Å². The Balaban J connectivity index is 2.15. The van der Waals surface area contributed by atoms with Crippen molar-refractivity contribution >= 4 is 22.6 Å². The van der Waals surface area contributed by atoms with Crippen LogP contribution >= 0.6 is 11.8 Å². The lowest BCUT2D eigenvalue weighted by Gasteiger charge is -2.19. The molecule has 0 spiro atoms. The number of hydrogen-bond acceptors (Lipinski definition) is 3. The third kappa shape index (κ3) is 3.19. The van der Waals surface area contributed by atoms with Crippen molar-refractivity contribution < 1.29 is 8.78 Å². The van der Waals surface area contributed by atoms with Gasteiger partial charge in [0.25, 0.3) is 0 Å². The number of rotatable bonds is 2. The Morgan fingerprint density at radius 3 is 3.06 bits per heavy atom. The summed E-state index contributed by atoms with van der Waals surface area (Å²) in [4.78, 5) is 4.45. The first-order valence-corrected chi connectivity index (χ1v) is 6.60. The Morgan fingerprint density at radius 1 is 1.47 bits per heavy atom. The van der Waals surface area contributed by atoms with Gasteiger partial charge in [0.15, 0.2) is 5.17 Å². The van der Waals surface area contributed by atoms with Crippen LogP contribution in [0.3, 0.4) is 0 Å². The first-order valence-electron chi connectivity index (χ1n) is 5.61. The number of nitrogens with one attached hydrogen (secondary N) is 1. The monoisotopic (exact) mass is 256 g/mol. The van der Waals surface area contributed by atoms with E-state index in [9.17, 15) is 8.78 Å². The lowest BCUT2D eigenvalue weighted by Crippen LogP contribution is -2.20. The van der Waals surface area contributed by atoms with E-state index in [1.807, 2.05) is 0 Å². The zero-order valence-corrected chi connectivity index (χ0v) is 10.4. The predicted molar refractivity (Wildman–Crippen MR) is 68.6 cm³/mol. The molecule has 92 valence electrons. The van der Waals surface area contributed by atoms with Gasteiger partial charge in [-0.05, 0) is 25.0 Å². The number of anilines is 1. The van der Waals surface area contributed by atoms with Crippen LogP contribution in [0.4, 0.5) is 14.5 Å². The average Bonchev–Trinajstić information content (AvgIpc) is 2.34. The Bertz CT molecular complexity index is 435. The Morgan fingerprint density at radius 2 is 2.29 bits per heavy atom. The second-order valence-corrected chi connectivity index (χ2v) is 4.97. The smallest absolute Gasteiger partial charge is 0.161 e. The maximum Gasteiger partial charge on any atom is 0.161 e. The van der Waals surface area contributed by atoms with E-state index < -0.39 is 11.6 Å². The van der Waals surface area contributed by atoms with E-state index in [0.717, 1.165) is 36.8 Å². The molecule has 1 atom stereocenters. The number of amidine groups is 1. The summed E-state index contributed by atoms with van der Waals surface area (Å²) in [6, 6.07) is 3.65. The molecule has 0 saturated heterocycles. The van der Waals surface area contributed by atoms with Crippen LogP contribution in [0.5, 0.6) is 0 Å². The molecule has 1 N–H and O–H groups in total. The highest BCUT2D eigenvalue weighted by atomic mass is 32.2. The topological polar surface area (TPSA) is 24.4 Å². The Hall–Kier alpha value is -1.10. The van der Waals surface area contributed by atoms with E-state index in [2.05, 4.69) is 17.2 Å². The number of aliphatic imine (C=N–C) groups is 1. The molecule has 1 aromatic rings. The summed E-state index contributed by atoms with van der Waals surface area (Å²) in [5.74, 6) is 0.0389. The summed E-state index contributed by atoms with van der Waals surface area (Å²) in [6.07, 6.45) is 2.01. The molecule has 0 aliphatic carbocycles. The molecule has 5 heteroatoms. The minimum Gasteiger partial charge on any atom is -0.333 e. The molecule has 0 radical (unpaired) electrons. The van der Waals surface area contributed by atoms with Crippen LogP contribution in [-0.2, 0) is 0 Å². The molecule has 1 aliphatic rings. The maximum absolute atomic E-state index is 13.4. The lowest BCUT2D eigenvalue weighted by molar-refractivity contribution is 0.603. The third-order valence-electron chi connectivity index (χ3n) is 2.63. The summed E-state index contributed by atoms with van der Waals surface area (Å²) >= 11 is 1.54. The number of halogens is 2. The molecule has 0 aromatic heterocycles. The second kappa shape index (κ2) is 5.49. The van der Waals surface area contributed by atoms with Gasteiger partial charge in [-0.3, -0.25) is 4.99 Å². The van der Waals surface area contributed by atoms with Gasteiger partial charge in [0.2, 0.25) is 0 Å². The van der Waals surface area contributed by atoms with Gasteiger partial charge in [0.1, 0.15) is 11.6 Å². The van der Waals surface area contributed by atoms with E-state index in [0.29, 0.717) is 5.17 Å². The van der Waals surface area contributed by atoms with Crippen LogP contribution in [-0.4, -0.2) is 17.0 Å². The van der Waals surface area contributed by atoms with Crippen molar-refractivity contribution in [1.82, 2.24) is 0 Å². The molecule has 1 aromatic carbocycles. The van der Waals surface area contributed by atoms with Crippen LogP contribution in [0.1, 0.15) is 19.8 Å². The molecule has 0 bridgehead atoms. The average molecular weight is 256 g/mol. The van der Waals surface area contributed by atoms with Crippen LogP contribution in [0, 0.1) is 11.6 Å². The molecule has 0 amide bonds. The van der Waals surface area contributed by atoms with Crippen molar-refractivity contribution in [2.24, 2.45) is 4.99 Å². The van der Waals surface area contributed by atoms with Crippen LogP contribution < -0.4 is 5.32 Å². The van der Waals surface area contributed by atoms with Gasteiger partial charge in [-0.2, -0.15) is 0 Å². The van der Waals surface area contributed by atoms with E-state index in [1.165, 1.54) is 0 Å². The first kappa shape index (κ1) is 12.4. The van der Waals surface area contributed by atoms with Gasteiger partial charge >= 0.3 is 0 Å². The zero-order valence-electron chi connectivity index (χ0n) is 9.54. The van der Waals surface area contributed by atoms with Gasteiger partial charge in [-0.25, -0.2) is 8.78 Å². The van der Waals surface area contributed by atoms with Crippen molar-refractivity contribution in [2.45, 2.75) is 25.8 Å². The zero-order chi connectivity index (χ0) is 12.3. The maximum atomic E-state index is 13.4. The van der Waals surface area contributed by atoms with Crippen molar-refractivity contribution in [1.29, 1.82) is 0 Å². The van der Waals surface area contributed by atoms with Crippen molar-refractivity contribution in [3.05, 3.63) is 29.8 Å². The highest BCUT2D eigenvalue weighted by molar-refractivity contribution is 8.14. The summed E-state index contributed by atoms with van der Waals surface area (Å²) < 4.78 is 26.4. The molecule has 17 heavy (non-hydrogen) atoms. The third-order valence-corrected chi connectivity index (χ3v) is 3.55. The molecule has 2 rings (SSSR count). The number of benzene rings is 1. The van der Waals surface area contributed by atoms with Gasteiger partial charge < -0.3 is 5.32 Å². The van der Waals surface area contributed by atoms with Crippen molar-refractivity contribution in [3.63, 3.8) is 0 Å². The Kier molecular flexibility index (Phi) is 3.99. The Labute approximate surface area is 104 Å². The molecule has 1 heterocycles. The minimum absolute atomic E-state index is 0.146. The molecular formula is C12H14F2N2S. The predicted octanol–water partition coefficient (Wildman–Crippen LogP) is 3.65. The van der Waals surface area contributed by atoms with Crippen LogP contribution in [0.15, 0.2) is 23.2 Å². The summed E-state index contributed by atoms with van der Waals surface area (Å²) in [6.45, 7) is 2.07. The van der Waals surface area contributed by atoms with E-state index in [1.54, 1.807) is 11.8 Å². The van der Waals surface area contributed by atoms with Crippen LogP contribution in [0.25, 0.3) is 0 Å². The summed E-state index contributed by atoms with van der Waals surface area (Å²) in [5, 5.41) is 3.53. The normalized spacial score (nSPS) is 19.9. The standard InChI is InChI=1S/C12H14F2N2S/c1-2-9-5-6-17-12(15-9)16-11-7-8(13)3-4-10(11)14/h3-4,7,9H,2,5-6H2,1H3,(H,15,16). The molecule has 1 unspecified atom stereocenters. The largest absolute Gasteiger partial charge is 0.333 e. The van der Waals surface area contributed by atoms with E-state index in [-0.39, 0.29) is 11.7 Å². The number of nitrogens with zero attached hydrogens (tertiary/aromatic N) is 1. The first-order chi connectivity index (χ1) is 8.19. The molecule has 2 nitrogen and oxygen atoms in total. The highest BCUT2D eigenvalue weighted by Crippen LogP contribution is 2.23. The van der Waals surface area contributed by atoms with Crippen LogP contribution in [0.2, 0.25) is 0 Å². The molecule has 0 saturated carbocycles. The number of hydrogen-bond donors (Lipinski definition) is 1. The number of thioether (sulfide) groups is 1. The fourth-order valence-electron chi connectivity index (χ4n) is 1.63. The molecule has 1 aliphatic heterocycles. The SMILES string of the molecule is CCC1CCSC(Nc2cc(F)ccc2F)=N1. The fourth-order valence-corrected chi connectivity index (χ4v) is 2.62. The second-order valence-electron chi connectivity index (χ2n) is 3.88. The van der Waals surface area contributed by atoms with Gasteiger partial charge in [0.05, 0.1) is 11.7 Å². The van der Waals surface area contributed by atoms with Gasteiger partial charge in [-0.15, -0.1) is 0 Å². The minimum atomic E-state index is -0.465. The van der Waals surface area contributed by atoms with E-state index >= 15 is 0 Å². The van der Waals surface area contributed by atoms with Crippen molar-refractivity contribution in [2.75, 3.05) is 11.1 Å². The summed E-state index contributed by atoms with van der Waals surface area (Å²) in [5.41, 5.74) is 0.146. The fraction of sp³-hybridized carbons (Fsp3) is 0.417. The molecular weight excluding hydrogens is 242 g/mol. The van der Waals surface area contributed by atoms with Gasteiger partial charge in [0, 0.05) is 11.8 Å². The molecule has 0 fully saturated rings. The highest BCUT2D eigenvalue weighted by Gasteiger charge is 2.15. The lowest BCUT2D eigenvalue weighted by atomic mass is 10.2. The van der Waals surface area contributed by atoms with E-state index in [4.69, 9.17) is 0 Å².